The zero-order valence-electron chi connectivity index (χ0n) is 12.9. The van der Waals surface area contributed by atoms with Crippen molar-refractivity contribution in [2.75, 3.05) is 7.05 Å². The largest absolute Gasteiger partial charge is 0.313 e. The molecular weight excluding hydrogens is 268 g/mol. The van der Waals surface area contributed by atoms with E-state index in [1.807, 2.05) is 13.8 Å². The molecule has 0 spiro atoms. The van der Waals surface area contributed by atoms with Crippen molar-refractivity contribution >= 4 is 0 Å². The van der Waals surface area contributed by atoms with Crippen molar-refractivity contribution in [3.8, 4) is 0 Å². The van der Waals surface area contributed by atoms with Crippen LogP contribution in [0.1, 0.15) is 33.9 Å². The van der Waals surface area contributed by atoms with Crippen LogP contribution >= 0.6 is 0 Å². The lowest BCUT2D eigenvalue weighted by Gasteiger charge is -2.19. The van der Waals surface area contributed by atoms with Crippen LogP contribution in [0.15, 0.2) is 30.3 Å². The number of nitrogens with one attached hydrogen (secondary N) is 1. The minimum Gasteiger partial charge on any atom is -0.313 e. The van der Waals surface area contributed by atoms with Gasteiger partial charge in [0.05, 0.1) is 0 Å². The number of rotatable bonds is 4. The molecule has 2 rings (SSSR count). The van der Waals surface area contributed by atoms with Gasteiger partial charge in [0.25, 0.3) is 0 Å². The first-order valence-electron chi connectivity index (χ1n) is 7.12. The Balaban J connectivity index is 2.37. The third-order valence-electron chi connectivity index (χ3n) is 3.96. The van der Waals surface area contributed by atoms with Gasteiger partial charge in [-0.05, 0) is 50.9 Å². The molecule has 1 atom stereocenters. The van der Waals surface area contributed by atoms with E-state index in [9.17, 15) is 8.78 Å². The quantitative estimate of drug-likeness (QED) is 0.880. The van der Waals surface area contributed by atoms with E-state index in [2.05, 4.69) is 23.5 Å². The number of aryl methyl sites for hydroxylation is 3. The van der Waals surface area contributed by atoms with E-state index < -0.39 is 11.6 Å². The van der Waals surface area contributed by atoms with E-state index in [4.69, 9.17) is 0 Å². The van der Waals surface area contributed by atoms with Crippen LogP contribution in [0, 0.1) is 32.4 Å². The van der Waals surface area contributed by atoms with Crippen LogP contribution in [0.5, 0.6) is 0 Å². The molecule has 2 aromatic rings. The second kappa shape index (κ2) is 6.35. The van der Waals surface area contributed by atoms with E-state index in [0.29, 0.717) is 17.5 Å². The molecule has 0 amide bonds. The zero-order valence-corrected chi connectivity index (χ0v) is 12.9. The van der Waals surface area contributed by atoms with E-state index in [1.54, 1.807) is 26.1 Å². The Kier molecular flexibility index (Phi) is 4.73. The van der Waals surface area contributed by atoms with E-state index >= 15 is 0 Å². The maximum Gasteiger partial charge on any atom is 0.163 e. The Morgan fingerprint density at radius 2 is 1.62 bits per heavy atom. The monoisotopic (exact) mass is 289 g/mol. The molecule has 0 radical (unpaired) electrons. The van der Waals surface area contributed by atoms with Gasteiger partial charge in [-0.15, -0.1) is 0 Å². The Hall–Kier alpha value is -1.74. The Morgan fingerprint density at radius 3 is 2.29 bits per heavy atom. The molecule has 0 aliphatic carbocycles. The molecule has 0 aliphatic rings. The summed E-state index contributed by atoms with van der Waals surface area (Å²) in [6.45, 7) is 5.64. The maximum absolute atomic E-state index is 14.2. The highest BCUT2D eigenvalue weighted by molar-refractivity contribution is 5.34. The summed E-state index contributed by atoms with van der Waals surface area (Å²) in [6.07, 6.45) is 0.628. The molecule has 1 nitrogen and oxygen atoms in total. The van der Waals surface area contributed by atoms with E-state index in [0.717, 1.165) is 11.1 Å². The fraction of sp³-hybridized carbons (Fsp3) is 0.333. The Labute approximate surface area is 125 Å². The van der Waals surface area contributed by atoms with Gasteiger partial charge < -0.3 is 5.32 Å². The van der Waals surface area contributed by atoms with Gasteiger partial charge in [0.15, 0.2) is 11.6 Å². The van der Waals surface area contributed by atoms with E-state index in [-0.39, 0.29) is 6.04 Å². The molecule has 3 heteroatoms. The first-order valence-corrected chi connectivity index (χ1v) is 7.12. The molecule has 1 unspecified atom stereocenters. The minimum absolute atomic E-state index is 0.249. The molecule has 0 fully saturated rings. The highest BCUT2D eigenvalue weighted by atomic mass is 19.2. The summed E-state index contributed by atoms with van der Waals surface area (Å²) in [5.41, 5.74) is 4.18. The number of hydrogen-bond donors (Lipinski definition) is 1. The fourth-order valence-corrected chi connectivity index (χ4v) is 2.54. The lowest BCUT2D eigenvalue weighted by Crippen LogP contribution is -2.21. The zero-order chi connectivity index (χ0) is 15.6. The van der Waals surface area contributed by atoms with Crippen molar-refractivity contribution in [3.63, 3.8) is 0 Å². The van der Waals surface area contributed by atoms with E-state index in [1.165, 1.54) is 5.56 Å². The van der Waals surface area contributed by atoms with Gasteiger partial charge >= 0.3 is 0 Å². The normalized spacial score (nSPS) is 12.5. The first-order chi connectivity index (χ1) is 9.93. The maximum atomic E-state index is 14.2. The molecule has 112 valence electrons. The summed E-state index contributed by atoms with van der Waals surface area (Å²) in [5.74, 6) is -1.51. The summed E-state index contributed by atoms with van der Waals surface area (Å²) >= 11 is 0. The second-order valence-corrected chi connectivity index (χ2v) is 5.57. The smallest absolute Gasteiger partial charge is 0.163 e. The van der Waals surface area contributed by atoms with Crippen molar-refractivity contribution in [1.82, 2.24) is 5.32 Å². The SMILES string of the molecule is CNC(Cc1cc(C)ccc1C)c1ccc(C)c(F)c1F. The molecular formula is C18H21F2N. The summed E-state index contributed by atoms with van der Waals surface area (Å²) in [4.78, 5) is 0. The number of hydrogen-bond acceptors (Lipinski definition) is 1. The summed E-state index contributed by atoms with van der Waals surface area (Å²) in [7, 11) is 1.77. The lowest BCUT2D eigenvalue weighted by atomic mass is 9.94. The van der Waals surface area contributed by atoms with Gasteiger partial charge in [-0.25, -0.2) is 8.78 Å². The predicted octanol–water partition coefficient (Wildman–Crippen LogP) is 4.39. The molecule has 2 aromatic carbocycles. The second-order valence-electron chi connectivity index (χ2n) is 5.57. The molecule has 0 saturated heterocycles. The Morgan fingerprint density at radius 1 is 0.952 bits per heavy atom. The van der Waals surface area contributed by atoms with Crippen LogP contribution in [0.4, 0.5) is 8.78 Å². The number of likely N-dealkylation sites (N-methyl/N-ethyl adjacent to an activating group) is 1. The van der Waals surface area contributed by atoms with Gasteiger partial charge in [-0.3, -0.25) is 0 Å². The van der Waals surface area contributed by atoms with Gasteiger partial charge in [0.1, 0.15) is 0 Å². The van der Waals surface area contributed by atoms with Crippen LogP contribution in [-0.2, 0) is 6.42 Å². The van der Waals surface area contributed by atoms with Gasteiger partial charge in [-0.1, -0.05) is 35.9 Å². The predicted molar refractivity (Wildman–Crippen MR) is 82.5 cm³/mol. The van der Waals surface area contributed by atoms with Crippen molar-refractivity contribution in [2.45, 2.75) is 33.2 Å². The highest BCUT2D eigenvalue weighted by Gasteiger charge is 2.19. The first kappa shape index (κ1) is 15.6. The molecule has 0 saturated carbocycles. The standard InChI is InChI=1S/C18H21F2N/c1-11-5-6-12(2)14(9-11)10-16(21-4)15-8-7-13(3)17(19)18(15)20/h5-9,16,21H,10H2,1-4H3. The minimum atomic E-state index is -0.756. The van der Waals surface area contributed by atoms with Gasteiger partial charge in [0, 0.05) is 11.6 Å². The van der Waals surface area contributed by atoms with Gasteiger partial charge in [-0.2, -0.15) is 0 Å². The topological polar surface area (TPSA) is 12.0 Å². The van der Waals surface area contributed by atoms with Gasteiger partial charge in [0.2, 0.25) is 0 Å². The lowest BCUT2D eigenvalue weighted by molar-refractivity contribution is 0.469. The van der Waals surface area contributed by atoms with Crippen LogP contribution in [0.3, 0.4) is 0 Å². The molecule has 1 N–H and O–H groups in total. The molecule has 0 bridgehead atoms. The van der Waals surface area contributed by atoms with Crippen molar-refractivity contribution < 1.29 is 8.78 Å². The molecule has 21 heavy (non-hydrogen) atoms. The summed E-state index contributed by atoms with van der Waals surface area (Å²) in [5, 5.41) is 3.09. The molecule has 0 aromatic heterocycles. The van der Waals surface area contributed by atoms with Crippen molar-refractivity contribution in [2.24, 2.45) is 0 Å². The average molecular weight is 289 g/mol. The summed E-state index contributed by atoms with van der Waals surface area (Å²) < 4.78 is 27.9. The van der Waals surface area contributed by atoms with Crippen LogP contribution in [0.25, 0.3) is 0 Å². The molecule has 0 aliphatic heterocycles. The van der Waals surface area contributed by atoms with Crippen molar-refractivity contribution in [3.05, 3.63) is 69.8 Å². The third kappa shape index (κ3) is 3.30. The third-order valence-corrected chi connectivity index (χ3v) is 3.96. The Bertz CT molecular complexity index is 650. The highest BCUT2D eigenvalue weighted by Crippen LogP contribution is 2.25. The number of benzene rings is 2. The average Bonchev–Trinajstić information content (AvgIpc) is 2.46. The fourth-order valence-electron chi connectivity index (χ4n) is 2.54. The molecule has 0 heterocycles. The van der Waals surface area contributed by atoms with Crippen LogP contribution in [0.2, 0.25) is 0 Å². The van der Waals surface area contributed by atoms with Crippen molar-refractivity contribution in [1.29, 1.82) is 0 Å². The van der Waals surface area contributed by atoms with Crippen LogP contribution in [-0.4, -0.2) is 7.05 Å². The van der Waals surface area contributed by atoms with Crippen LogP contribution < -0.4 is 5.32 Å². The summed E-state index contributed by atoms with van der Waals surface area (Å²) in [6, 6.07) is 9.26. The number of halogens is 2.